The summed E-state index contributed by atoms with van der Waals surface area (Å²) in [6.45, 7) is 4.01. The highest BCUT2D eigenvalue weighted by molar-refractivity contribution is 5.90. The van der Waals surface area contributed by atoms with Gasteiger partial charge in [0.2, 0.25) is 0 Å². The SMILES string of the molecule is CCOC(=O)c1cnn(C)c1C.O=C=O. The molecule has 0 fully saturated rings. The molecule has 0 atom stereocenters. The van der Waals surface area contributed by atoms with Gasteiger partial charge in [-0.3, -0.25) is 4.68 Å². The molecule has 0 N–H and O–H groups in total. The Balaban J connectivity index is 0.000000583. The number of aryl methyl sites for hydroxylation is 1. The summed E-state index contributed by atoms with van der Waals surface area (Å²) in [5, 5.41) is 3.94. The maximum Gasteiger partial charge on any atom is 0.373 e. The molecule has 0 saturated carbocycles. The van der Waals surface area contributed by atoms with E-state index >= 15 is 0 Å². The van der Waals surface area contributed by atoms with Crippen LogP contribution in [-0.2, 0) is 21.4 Å². The Morgan fingerprint density at radius 3 is 2.47 bits per heavy atom. The number of esters is 1. The van der Waals surface area contributed by atoms with Gasteiger partial charge >= 0.3 is 12.1 Å². The topological polar surface area (TPSA) is 78.3 Å². The molecule has 1 aromatic rings. The normalized spacial score (nSPS) is 8.47. The van der Waals surface area contributed by atoms with E-state index in [0.29, 0.717) is 12.2 Å². The summed E-state index contributed by atoms with van der Waals surface area (Å²) >= 11 is 0. The van der Waals surface area contributed by atoms with Crippen molar-refractivity contribution in [2.75, 3.05) is 6.61 Å². The lowest BCUT2D eigenvalue weighted by Crippen LogP contribution is -2.06. The number of ether oxygens (including phenoxy) is 1. The van der Waals surface area contributed by atoms with Crippen molar-refractivity contribution in [2.24, 2.45) is 7.05 Å². The molecule has 0 saturated heterocycles. The fraction of sp³-hybridized carbons (Fsp3) is 0.444. The van der Waals surface area contributed by atoms with Gasteiger partial charge in [0, 0.05) is 12.7 Å². The minimum absolute atomic E-state index is 0.250. The highest BCUT2D eigenvalue weighted by Gasteiger charge is 2.12. The molecule has 0 aliphatic heterocycles. The average molecular weight is 212 g/mol. The molecule has 82 valence electrons. The standard InChI is InChI=1S/C8H12N2O2.CO2/c1-4-12-8(11)7-5-9-10(3)6(7)2;2-1-3/h5H,4H2,1-3H3;. The van der Waals surface area contributed by atoms with Gasteiger partial charge in [0.05, 0.1) is 12.8 Å². The molecule has 1 heterocycles. The Morgan fingerprint density at radius 1 is 1.60 bits per heavy atom. The number of nitrogens with zero attached hydrogens (tertiary/aromatic N) is 2. The highest BCUT2D eigenvalue weighted by atomic mass is 16.5. The van der Waals surface area contributed by atoms with Crippen LogP contribution in [0, 0.1) is 6.92 Å². The minimum Gasteiger partial charge on any atom is -0.462 e. The van der Waals surface area contributed by atoms with Gasteiger partial charge in [0.15, 0.2) is 0 Å². The first-order chi connectivity index (χ1) is 7.08. The third kappa shape index (κ3) is 3.74. The van der Waals surface area contributed by atoms with E-state index in [2.05, 4.69) is 5.10 Å². The number of carbonyl (C=O) groups excluding carboxylic acids is 3. The lowest BCUT2D eigenvalue weighted by molar-refractivity contribution is -0.191. The van der Waals surface area contributed by atoms with Crippen LogP contribution < -0.4 is 0 Å². The molecular formula is C9H12N2O4. The van der Waals surface area contributed by atoms with Crippen molar-refractivity contribution < 1.29 is 19.1 Å². The van der Waals surface area contributed by atoms with Crippen molar-refractivity contribution in [1.82, 2.24) is 9.78 Å². The molecule has 6 nitrogen and oxygen atoms in total. The maximum atomic E-state index is 11.2. The van der Waals surface area contributed by atoms with E-state index in [1.165, 1.54) is 6.20 Å². The van der Waals surface area contributed by atoms with Crippen LogP contribution >= 0.6 is 0 Å². The largest absolute Gasteiger partial charge is 0.462 e. The molecule has 15 heavy (non-hydrogen) atoms. The number of hydrogen-bond acceptors (Lipinski definition) is 5. The van der Waals surface area contributed by atoms with E-state index in [-0.39, 0.29) is 12.1 Å². The zero-order chi connectivity index (χ0) is 11.8. The number of rotatable bonds is 2. The molecule has 0 aliphatic rings. The molecule has 0 aliphatic carbocycles. The second-order valence-corrected chi connectivity index (χ2v) is 2.57. The van der Waals surface area contributed by atoms with Crippen LogP contribution in [0.1, 0.15) is 23.0 Å². The van der Waals surface area contributed by atoms with Gasteiger partial charge in [-0.2, -0.15) is 14.7 Å². The molecule has 0 aromatic carbocycles. The Kier molecular flexibility index (Phi) is 5.66. The van der Waals surface area contributed by atoms with Crippen LogP contribution in [-0.4, -0.2) is 28.5 Å². The summed E-state index contributed by atoms with van der Waals surface area (Å²) in [5.74, 6) is -0.303. The summed E-state index contributed by atoms with van der Waals surface area (Å²) in [4.78, 5) is 27.5. The van der Waals surface area contributed by atoms with E-state index in [4.69, 9.17) is 14.3 Å². The number of carbonyl (C=O) groups is 1. The van der Waals surface area contributed by atoms with Gasteiger partial charge in [-0.1, -0.05) is 0 Å². The van der Waals surface area contributed by atoms with Crippen molar-refractivity contribution in [3.8, 4) is 0 Å². The average Bonchev–Trinajstić information content (AvgIpc) is 2.49. The fourth-order valence-electron chi connectivity index (χ4n) is 0.908. The van der Waals surface area contributed by atoms with E-state index in [1.807, 2.05) is 6.92 Å². The van der Waals surface area contributed by atoms with Crippen LogP contribution in [0.3, 0.4) is 0 Å². The Morgan fingerprint density at radius 2 is 2.13 bits per heavy atom. The van der Waals surface area contributed by atoms with E-state index in [9.17, 15) is 4.79 Å². The molecule has 1 aromatic heterocycles. The van der Waals surface area contributed by atoms with Crippen molar-refractivity contribution in [1.29, 1.82) is 0 Å². The summed E-state index contributed by atoms with van der Waals surface area (Å²) in [7, 11) is 1.79. The van der Waals surface area contributed by atoms with Crippen LogP contribution in [0.25, 0.3) is 0 Å². The number of aromatic nitrogens is 2. The molecule has 6 heteroatoms. The van der Waals surface area contributed by atoms with Crippen molar-refractivity contribution >= 4 is 12.1 Å². The second-order valence-electron chi connectivity index (χ2n) is 2.57. The first-order valence-electron chi connectivity index (χ1n) is 4.23. The van der Waals surface area contributed by atoms with Crippen LogP contribution in [0.2, 0.25) is 0 Å². The van der Waals surface area contributed by atoms with E-state index < -0.39 is 0 Å². The molecule has 0 amide bonds. The van der Waals surface area contributed by atoms with Crippen molar-refractivity contribution in [2.45, 2.75) is 13.8 Å². The zero-order valence-electron chi connectivity index (χ0n) is 8.81. The van der Waals surface area contributed by atoms with Gasteiger partial charge in [-0.05, 0) is 13.8 Å². The van der Waals surface area contributed by atoms with Crippen LogP contribution in [0.5, 0.6) is 0 Å². The van der Waals surface area contributed by atoms with Gasteiger partial charge in [0.25, 0.3) is 0 Å². The number of hydrogen-bond donors (Lipinski definition) is 0. The van der Waals surface area contributed by atoms with E-state index in [0.717, 1.165) is 5.69 Å². The Hall–Kier alpha value is -1.94. The highest BCUT2D eigenvalue weighted by Crippen LogP contribution is 2.06. The third-order valence-corrected chi connectivity index (χ3v) is 1.73. The first-order valence-corrected chi connectivity index (χ1v) is 4.23. The lowest BCUT2D eigenvalue weighted by Gasteiger charge is -1.99. The molecule has 0 unspecified atom stereocenters. The van der Waals surface area contributed by atoms with Gasteiger partial charge in [-0.15, -0.1) is 0 Å². The monoisotopic (exact) mass is 212 g/mol. The van der Waals surface area contributed by atoms with E-state index in [1.54, 1.807) is 18.7 Å². The molecule has 0 radical (unpaired) electrons. The zero-order valence-corrected chi connectivity index (χ0v) is 8.81. The second kappa shape index (κ2) is 6.50. The predicted octanol–water partition coefficient (Wildman–Crippen LogP) is 0.322. The smallest absolute Gasteiger partial charge is 0.373 e. The summed E-state index contributed by atoms with van der Waals surface area (Å²) in [5.41, 5.74) is 1.37. The lowest BCUT2D eigenvalue weighted by atomic mass is 10.3. The van der Waals surface area contributed by atoms with Crippen molar-refractivity contribution in [3.05, 3.63) is 17.5 Å². The molecule has 0 spiro atoms. The summed E-state index contributed by atoms with van der Waals surface area (Å²) in [6, 6.07) is 0. The predicted molar refractivity (Wildman–Crippen MR) is 48.9 cm³/mol. The minimum atomic E-state index is -0.303. The van der Waals surface area contributed by atoms with Crippen LogP contribution in [0.15, 0.2) is 6.20 Å². The van der Waals surface area contributed by atoms with Gasteiger partial charge < -0.3 is 4.74 Å². The van der Waals surface area contributed by atoms with Crippen molar-refractivity contribution in [3.63, 3.8) is 0 Å². The third-order valence-electron chi connectivity index (χ3n) is 1.73. The van der Waals surface area contributed by atoms with Crippen LogP contribution in [0.4, 0.5) is 0 Å². The maximum absolute atomic E-state index is 11.2. The summed E-state index contributed by atoms with van der Waals surface area (Å²) < 4.78 is 6.47. The first kappa shape index (κ1) is 13.1. The van der Waals surface area contributed by atoms with Gasteiger partial charge in [0.1, 0.15) is 5.56 Å². The van der Waals surface area contributed by atoms with Gasteiger partial charge in [-0.25, -0.2) is 4.79 Å². The molecule has 0 bridgehead atoms. The summed E-state index contributed by atoms with van der Waals surface area (Å²) in [6.07, 6.45) is 1.77. The molecular weight excluding hydrogens is 200 g/mol. The Bertz CT molecular complexity index is 364. The molecule has 1 rings (SSSR count). The fourth-order valence-corrected chi connectivity index (χ4v) is 0.908. The quantitative estimate of drug-likeness (QED) is 0.660. The Labute approximate surface area is 86.8 Å².